The van der Waals surface area contributed by atoms with E-state index >= 15 is 0 Å². The van der Waals surface area contributed by atoms with Crippen LogP contribution in [0.15, 0.2) is 28.9 Å². The molecule has 0 atom stereocenters. The zero-order valence-corrected chi connectivity index (χ0v) is 13.9. The van der Waals surface area contributed by atoms with Gasteiger partial charge in [0.2, 0.25) is 5.95 Å². The van der Waals surface area contributed by atoms with E-state index in [-0.39, 0.29) is 0 Å². The van der Waals surface area contributed by atoms with Gasteiger partial charge in [-0.2, -0.15) is 0 Å². The van der Waals surface area contributed by atoms with Crippen molar-refractivity contribution >= 4 is 27.6 Å². The molecular formula is C15H20BrN3O. The SMILES string of the molecule is COc1ccc(Nc2nc(C)cn2CC(C)C)cc1Br. The maximum Gasteiger partial charge on any atom is 0.207 e. The largest absolute Gasteiger partial charge is 0.496 e. The van der Waals surface area contributed by atoms with Crippen molar-refractivity contribution in [3.05, 3.63) is 34.6 Å². The van der Waals surface area contributed by atoms with Gasteiger partial charge in [0.25, 0.3) is 0 Å². The molecule has 0 saturated carbocycles. The second-order valence-electron chi connectivity index (χ2n) is 5.23. The van der Waals surface area contributed by atoms with Gasteiger partial charge in [-0.3, -0.25) is 0 Å². The summed E-state index contributed by atoms with van der Waals surface area (Å²) in [6.45, 7) is 7.35. The Bertz CT molecular complexity index is 593. The maximum atomic E-state index is 5.24. The molecule has 1 aromatic carbocycles. The smallest absolute Gasteiger partial charge is 0.207 e. The lowest BCUT2D eigenvalue weighted by Gasteiger charge is -2.12. The van der Waals surface area contributed by atoms with Crippen molar-refractivity contribution in [2.24, 2.45) is 5.92 Å². The van der Waals surface area contributed by atoms with Crippen LogP contribution < -0.4 is 10.1 Å². The highest BCUT2D eigenvalue weighted by Crippen LogP contribution is 2.29. The quantitative estimate of drug-likeness (QED) is 0.880. The molecule has 0 amide bonds. The molecule has 0 aliphatic heterocycles. The Morgan fingerprint density at radius 2 is 2.15 bits per heavy atom. The number of methoxy groups -OCH3 is 1. The summed E-state index contributed by atoms with van der Waals surface area (Å²) in [5.74, 6) is 2.26. The lowest BCUT2D eigenvalue weighted by atomic mass is 10.2. The number of hydrogen-bond acceptors (Lipinski definition) is 3. The van der Waals surface area contributed by atoms with Crippen LogP contribution in [-0.2, 0) is 6.54 Å². The molecule has 20 heavy (non-hydrogen) atoms. The van der Waals surface area contributed by atoms with Gasteiger partial charge in [-0.25, -0.2) is 4.98 Å². The fraction of sp³-hybridized carbons (Fsp3) is 0.400. The summed E-state index contributed by atoms with van der Waals surface area (Å²) in [4.78, 5) is 4.54. The van der Waals surface area contributed by atoms with Crippen LogP contribution in [0.3, 0.4) is 0 Å². The molecule has 108 valence electrons. The van der Waals surface area contributed by atoms with E-state index in [1.54, 1.807) is 7.11 Å². The highest BCUT2D eigenvalue weighted by molar-refractivity contribution is 9.10. The Hall–Kier alpha value is -1.49. The minimum absolute atomic E-state index is 0.576. The summed E-state index contributed by atoms with van der Waals surface area (Å²) in [5.41, 5.74) is 1.99. The van der Waals surface area contributed by atoms with Crippen molar-refractivity contribution in [1.29, 1.82) is 0 Å². The number of aryl methyl sites for hydroxylation is 1. The molecule has 1 heterocycles. The van der Waals surface area contributed by atoms with E-state index in [2.05, 4.69) is 50.8 Å². The van der Waals surface area contributed by atoms with Crippen LogP contribution in [0, 0.1) is 12.8 Å². The predicted octanol–water partition coefficient (Wildman–Crippen LogP) is 4.36. The predicted molar refractivity (Wildman–Crippen MR) is 85.8 cm³/mol. The molecule has 0 radical (unpaired) electrons. The first-order chi connectivity index (χ1) is 9.49. The van der Waals surface area contributed by atoms with E-state index in [0.29, 0.717) is 5.92 Å². The number of imidazole rings is 1. The van der Waals surface area contributed by atoms with Crippen LogP contribution >= 0.6 is 15.9 Å². The monoisotopic (exact) mass is 337 g/mol. The normalized spacial score (nSPS) is 10.9. The van der Waals surface area contributed by atoms with Gasteiger partial charge in [0.15, 0.2) is 0 Å². The van der Waals surface area contributed by atoms with E-state index in [0.717, 1.165) is 34.1 Å². The summed E-state index contributed by atoms with van der Waals surface area (Å²) in [5, 5.41) is 3.36. The van der Waals surface area contributed by atoms with Crippen molar-refractivity contribution in [2.45, 2.75) is 27.3 Å². The highest BCUT2D eigenvalue weighted by atomic mass is 79.9. The third-order valence-electron chi connectivity index (χ3n) is 2.87. The molecule has 0 aliphatic carbocycles. The standard InChI is InChI=1S/C15H20BrN3O/c1-10(2)8-19-9-11(3)17-15(19)18-12-5-6-14(20-4)13(16)7-12/h5-7,9-10H,8H2,1-4H3,(H,17,18). The molecule has 1 N–H and O–H groups in total. The lowest BCUT2D eigenvalue weighted by Crippen LogP contribution is -2.07. The number of ether oxygens (including phenoxy) is 1. The first kappa shape index (κ1) is 14.9. The Kier molecular flexibility index (Phi) is 4.70. The third-order valence-corrected chi connectivity index (χ3v) is 3.49. The number of nitrogens with one attached hydrogen (secondary N) is 1. The Morgan fingerprint density at radius 3 is 2.75 bits per heavy atom. The number of benzene rings is 1. The average molecular weight is 338 g/mol. The summed E-state index contributed by atoms with van der Waals surface area (Å²) >= 11 is 3.49. The summed E-state index contributed by atoms with van der Waals surface area (Å²) in [7, 11) is 1.66. The summed E-state index contributed by atoms with van der Waals surface area (Å²) in [6.07, 6.45) is 2.07. The highest BCUT2D eigenvalue weighted by Gasteiger charge is 2.08. The van der Waals surface area contributed by atoms with E-state index in [9.17, 15) is 0 Å². The second kappa shape index (κ2) is 6.31. The molecule has 2 aromatic rings. The van der Waals surface area contributed by atoms with E-state index in [1.807, 2.05) is 25.1 Å². The van der Waals surface area contributed by atoms with Gasteiger partial charge in [-0.05, 0) is 47.0 Å². The summed E-state index contributed by atoms with van der Waals surface area (Å²) < 4.78 is 8.31. The number of halogens is 1. The molecule has 0 saturated heterocycles. The fourth-order valence-electron chi connectivity index (χ4n) is 2.05. The van der Waals surface area contributed by atoms with Gasteiger partial charge in [0.05, 0.1) is 17.3 Å². The second-order valence-corrected chi connectivity index (χ2v) is 6.08. The topological polar surface area (TPSA) is 39.1 Å². The van der Waals surface area contributed by atoms with Gasteiger partial charge in [0.1, 0.15) is 5.75 Å². The number of nitrogens with zero attached hydrogens (tertiary/aromatic N) is 2. The van der Waals surface area contributed by atoms with Crippen molar-refractivity contribution in [1.82, 2.24) is 9.55 Å². The molecule has 5 heteroatoms. The molecule has 0 aliphatic rings. The minimum atomic E-state index is 0.576. The zero-order chi connectivity index (χ0) is 14.7. The maximum absolute atomic E-state index is 5.24. The fourth-order valence-corrected chi connectivity index (χ4v) is 2.59. The zero-order valence-electron chi connectivity index (χ0n) is 12.3. The van der Waals surface area contributed by atoms with Crippen molar-refractivity contribution in [3.8, 4) is 5.75 Å². The average Bonchev–Trinajstić information content (AvgIpc) is 2.68. The number of rotatable bonds is 5. The molecular weight excluding hydrogens is 318 g/mol. The minimum Gasteiger partial charge on any atom is -0.496 e. The van der Waals surface area contributed by atoms with Gasteiger partial charge < -0.3 is 14.6 Å². The van der Waals surface area contributed by atoms with E-state index < -0.39 is 0 Å². The molecule has 2 rings (SSSR count). The molecule has 0 spiro atoms. The van der Waals surface area contributed by atoms with Crippen molar-refractivity contribution < 1.29 is 4.74 Å². The Balaban J connectivity index is 2.23. The van der Waals surface area contributed by atoms with Crippen LogP contribution in [-0.4, -0.2) is 16.7 Å². The van der Waals surface area contributed by atoms with Crippen molar-refractivity contribution in [2.75, 3.05) is 12.4 Å². The van der Waals surface area contributed by atoms with Crippen LogP contribution in [0.2, 0.25) is 0 Å². The molecule has 0 unspecified atom stereocenters. The van der Waals surface area contributed by atoms with Gasteiger partial charge in [-0.15, -0.1) is 0 Å². The van der Waals surface area contributed by atoms with Crippen LogP contribution in [0.25, 0.3) is 0 Å². The van der Waals surface area contributed by atoms with E-state index in [4.69, 9.17) is 4.74 Å². The van der Waals surface area contributed by atoms with E-state index in [1.165, 1.54) is 0 Å². The molecule has 1 aromatic heterocycles. The Morgan fingerprint density at radius 1 is 1.40 bits per heavy atom. The first-order valence-electron chi connectivity index (χ1n) is 6.64. The van der Waals surface area contributed by atoms with Crippen LogP contribution in [0.4, 0.5) is 11.6 Å². The Labute approximate surface area is 128 Å². The first-order valence-corrected chi connectivity index (χ1v) is 7.43. The van der Waals surface area contributed by atoms with Gasteiger partial charge in [-0.1, -0.05) is 13.8 Å². The van der Waals surface area contributed by atoms with Crippen LogP contribution in [0.1, 0.15) is 19.5 Å². The number of aromatic nitrogens is 2. The number of hydrogen-bond donors (Lipinski definition) is 1. The molecule has 4 nitrogen and oxygen atoms in total. The van der Waals surface area contributed by atoms with Gasteiger partial charge >= 0.3 is 0 Å². The summed E-state index contributed by atoms with van der Waals surface area (Å²) in [6, 6.07) is 5.89. The third kappa shape index (κ3) is 3.54. The van der Waals surface area contributed by atoms with Gasteiger partial charge in [0, 0.05) is 18.4 Å². The number of anilines is 2. The lowest BCUT2D eigenvalue weighted by molar-refractivity contribution is 0.412. The van der Waals surface area contributed by atoms with Crippen molar-refractivity contribution in [3.63, 3.8) is 0 Å². The van der Waals surface area contributed by atoms with Crippen LogP contribution in [0.5, 0.6) is 5.75 Å². The molecule has 0 bridgehead atoms. The molecule has 0 fully saturated rings.